The van der Waals surface area contributed by atoms with Crippen molar-refractivity contribution in [1.82, 2.24) is 9.97 Å². The lowest BCUT2D eigenvalue weighted by molar-refractivity contribution is 0.188. The molecule has 90 valence electrons. The fourth-order valence-electron chi connectivity index (χ4n) is 1.20. The minimum atomic E-state index is -0.290. The molecule has 1 heterocycles. The normalized spacial score (nSPS) is 12.2. The van der Waals surface area contributed by atoms with Crippen LogP contribution in [0.3, 0.4) is 0 Å². The van der Waals surface area contributed by atoms with E-state index in [0.717, 1.165) is 24.6 Å². The molecule has 0 saturated carbocycles. The van der Waals surface area contributed by atoms with E-state index in [1.54, 1.807) is 19.3 Å². The highest BCUT2D eigenvalue weighted by Crippen LogP contribution is 2.06. The van der Waals surface area contributed by atoms with Gasteiger partial charge >= 0.3 is 0 Å². The van der Waals surface area contributed by atoms with Gasteiger partial charge in [-0.2, -0.15) is 0 Å². The third-order valence-electron chi connectivity index (χ3n) is 2.06. The maximum Gasteiger partial charge on any atom is 0.146 e. The number of anilines is 2. The van der Waals surface area contributed by atoms with Crippen LogP contribution in [0.15, 0.2) is 12.4 Å². The molecular weight excluding hydrogens is 204 g/mol. The third kappa shape index (κ3) is 4.93. The Morgan fingerprint density at radius 2 is 1.88 bits per heavy atom. The van der Waals surface area contributed by atoms with Crippen LogP contribution < -0.4 is 10.6 Å². The van der Waals surface area contributed by atoms with Crippen LogP contribution >= 0.6 is 0 Å². The Balaban J connectivity index is 2.40. The first-order valence-corrected chi connectivity index (χ1v) is 5.70. The molecule has 5 nitrogen and oxygen atoms in total. The van der Waals surface area contributed by atoms with Crippen LogP contribution in [-0.2, 0) is 0 Å². The summed E-state index contributed by atoms with van der Waals surface area (Å²) in [6, 6.07) is 0. The Morgan fingerprint density at radius 1 is 1.25 bits per heavy atom. The first-order chi connectivity index (χ1) is 7.72. The zero-order chi connectivity index (χ0) is 11.8. The summed E-state index contributed by atoms with van der Waals surface area (Å²) >= 11 is 0. The molecule has 1 aromatic rings. The SMILES string of the molecule is CCCNc1cncc(NCCC(C)O)n1. The molecule has 5 heteroatoms. The molecule has 0 fully saturated rings. The number of hydrogen-bond acceptors (Lipinski definition) is 5. The minimum Gasteiger partial charge on any atom is -0.393 e. The van der Waals surface area contributed by atoms with Gasteiger partial charge in [0.05, 0.1) is 18.5 Å². The van der Waals surface area contributed by atoms with Gasteiger partial charge in [-0.05, 0) is 19.8 Å². The summed E-state index contributed by atoms with van der Waals surface area (Å²) in [5.74, 6) is 1.52. The summed E-state index contributed by atoms with van der Waals surface area (Å²) in [5, 5.41) is 15.4. The molecule has 16 heavy (non-hydrogen) atoms. The molecule has 0 bridgehead atoms. The van der Waals surface area contributed by atoms with Gasteiger partial charge in [-0.15, -0.1) is 0 Å². The Labute approximate surface area is 96.3 Å². The maximum absolute atomic E-state index is 9.11. The van der Waals surface area contributed by atoms with E-state index in [4.69, 9.17) is 5.11 Å². The van der Waals surface area contributed by atoms with Crippen LogP contribution in [0.5, 0.6) is 0 Å². The first kappa shape index (κ1) is 12.7. The predicted molar refractivity (Wildman–Crippen MR) is 65.6 cm³/mol. The number of aliphatic hydroxyl groups excluding tert-OH is 1. The summed E-state index contributed by atoms with van der Waals surface area (Å²) in [5.41, 5.74) is 0. The maximum atomic E-state index is 9.11. The lowest BCUT2D eigenvalue weighted by Gasteiger charge is -2.08. The van der Waals surface area contributed by atoms with E-state index >= 15 is 0 Å². The molecular formula is C11H20N4O. The van der Waals surface area contributed by atoms with Crippen LogP contribution in [0.2, 0.25) is 0 Å². The van der Waals surface area contributed by atoms with Crippen molar-refractivity contribution in [2.75, 3.05) is 23.7 Å². The van der Waals surface area contributed by atoms with E-state index in [1.165, 1.54) is 0 Å². The largest absolute Gasteiger partial charge is 0.393 e. The van der Waals surface area contributed by atoms with Gasteiger partial charge in [-0.1, -0.05) is 6.92 Å². The number of hydrogen-bond donors (Lipinski definition) is 3. The third-order valence-corrected chi connectivity index (χ3v) is 2.06. The second-order valence-corrected chi connectivity index (χ2v) is 3.78. The molecule has 1 unspecified atom stereocenters. The van der Waals surface area contributed by atoms with E-state index in [1.807, 2.05) is 0 Å². The van der Waals surface area contributed by atoms with Gasteiger partial charge < -0.3 is 15.7 Å². The topological polar surface area (TPSA) is 70.1 Å². The second-order valence-electron chi connectivity index (χ2n) is 3.78. The minimum absolute atomic E-state index is 0.290. The van der Waals surface area contributed by atoms with Crippen LogP contribution in [0.4, 0.5) is 11.6 Å². The molecule has 0 aliphatic carbocycles. The number of rotatable bonds is 7. The lowest BCUT2D eigenvalue weighted by Crippen LogP contribution is -2.11. The van der Waals surface area contributed by atoms with Crippen molar-refractivity contribution < 1.29 is 5.11 Å². The van der Waals surface area contributed by atoms with E-state index in [9.17, 15) is 0 Å². The highest BCUT2D eigenvalue weighted by molar-refractivity contribution is 5.41. The highest BCUT2D eigenvalue weighted by Gasteiger charge is 1.99. The van der Waals surface area contributed by atoms with Gasteiger partial charge in [0.1, 0.15) is 11.6 Å². The van der Waals surface area contributed by atoms with E-state index < -0.39 is 0 Å². The number of aliphatic hydroxyl groups is 1. The Kier molecular flexibility index (Phi) is 5.56. The lowest BCUT2D eigenvalue weighted by atomic mass is 10.3. The van der Waals surface area contributed by atoms with E-state index in [0.29, 0.717) is 13.0 Å². The Hall–Kier alpha value is -1.36. The fraction of sp³-hybridized carbons (Fsp3) is 0.636. The molecule has 1 rings (SSSR count). The van der Waals surface area contributed by atoms with Gasteiger partial charge in [0.15, 0.2) is 0 Å². The predicted octanol–water partition coefficient (Wildman–Crippen LogP) is 1.48. The van der Waals surface area contributed by atoms with E-state index in [2.05, 4.69) is 27.5 Å². The Bertz CT molecular complexity index is 304. The average Bonchev–Trinajstić information content (AvgIpc) is 2.26. The molecule has 0 saturated heterocycles. The summed E-state index contributed by atoms with van der Waals surface area (Å²) in [6.07, 6.45) is 4.85. The monoisotopic (exact) mass is 224 g/mol. The van der Waals surface area contributed by atoms with Crippen molar-refractivity contribution in [3.05, 3.63) is 12.4 Å². The fourth-order valence-corrected chi connectivity index (χ4v) is 1.20. The molecule has 0 aliphatic rings. The van der Waals surface area contributed by atoms with Crippen molar-refractivity contribution >= 4 is 11.6 Å². The number of aromatic nitrogens is 2. The van der Waals surface area contributed by atoms with Crippen molar-refractivity contribution in [2.45, 2.75) is 32.8 Å². The Morgan fingerprint density at radius 3 is 2.44 bits per heavy atom. The molecule has 1 atom stereocenters. The van der Waals surface area contributed by atoms with Gasteiger partial charge in [-0.3, -0.25) is 4.98 Å². The highest BCUT2D eigenvalue weighted by atomic mass is 16.3. The molecule has 0 aliphatic heterocycles. The van der Waals surface area contributed by atoms with Crippen molar-refractivity contribution in [2.24, 2.45) is 0 Å². The molecule has 0 spiro atoms. The molecule has 3 N–H and O–H groups in total. The van der Waals surface area contributed by atoms with Crippen LogP contribution in [-0.4, -0.2) is 34.3 Å². The van der Waals surface area contributed by atoms with Gasteiger partial charge in [0.25, 0.3) is 0 Å². The number of nitrogens with zero attached hydrogens (tertiary/aromatic N) is 2. The standard InChI is InChI=1S/C11H20N4O/c1-3-5-13-10-7-12-8-11(15-10)14-6-4-9(2)16/h7-9,16H,3-6H2,1-2H3,(H2,13,14,15). The second kappa shape index (κ2) is 7.00. The summed E-state index contributed by atoms with van der Waals surface area (Å²) < 4.78 is 0. The summed E-state index contributed by atoms with van der Waals surface area (Å²) in [6.45, 7) is 5.47. The van der Waals surface area contributed by atoms with Crippen molar-refractivity contribution in [3.63, 3.8) is 0 Å². The molecule has 0 aromatic carbocycles. The van der Waals surface area contributed by atoms with Crippen LogP contribution in [0, 0.1) is 0 Å². The zero-order valence-corrected chi connectivity index (χ0v) is 9.90. The summed E-state index contributed by atoms with van der Waals surface area (Å²) in [7, 11) is 0. The molecule has 1 aromatic heterocycles. The molecule has 0 radical (unpaired) electrons. The number of nitrogens with one attached hydrogen (secondary N) is 2. The van der Waals surface area contributed by atoms with Crippen molar-refractivity contribution in [1.29, 1.82) is 0 Å². The van der Waals surface area contributed by atoms with Crippen LogP contribution in [0.25, 0.3) is 0 Å². The van der Waals surface area contributed by atoms with Gasteiger partial charge in [-0.25, -0.2) is 4.98 Å². The van der Waals surface area contributed by atoms with Gasteiger partial charge in [0.2, 0.25) is 0 Å². The van der Waals surface area contributed by atoms with Crippen molar-refractivity contribution in [3.8, 4) is 0 Å². The zero-order valence-electron chi connectivity index (χ0n) is 9.90. The van der Waals surface area contributed by atoms with E-state index in [-0.39, 0.29) is 6.10 Å². The first-order valence-electron chi connectivity index (χ1n) is 5.70. The van der Waals surface area contributed by atoms with Gasteiger partial charge in [0, 0.05) is 13.1 Å². The van der Waals surface area contributed by atoms with Crippen LogP contribution in [0.1, 0.15) is 26.7 Å². The molecule has 0 amide bonds. The smallest absolute Gasteiger partial charge is 0.146 e. The summed E-state index contributed by atoms with van der Waals surface area (Å²) in [4.78, 5) is 8.43. The quantitative estimate of drug-likeness (QED) is 0.654. The average molecular weight is 224 g/mol.